The average molecular weight is 515 g/mol. The van der Waals surface area contributed by atoms with Crippen LogP contribution in [0.3, 0.4) is 0 Å². The summed E-state index contributed by atoms with van der Waals surface area (Å²) in [5, 5.41) is 13.4. The monoisotopic (exact) mass is 514 g/mol. The first-order chi connectivity index (χ1) is 17.2. The Morgan fingerprint density at radius 2 is 1.72 bits per heavy atom. The first-order valence-electron chi connectivity index (χ1n) is 12.6. The molecule has 36 heavy (non-hydrogen) atoms. The first-order valence-corrected chi connectivity index (χ1v) is 13.4. The van der Waals surface area contributed by atoms with E-state index in [9.17, 15) is 24.3 Å². The van der Waals surface area contributed by atoms with E-state index in [0.717, 1.165) is 22.9 Å². The van der Waals surface area contributed by atoms with Crippen LogP contribution in [0.1, 0.15) is 49.2 Å². The van der Waals surface area contributed by atoms with Crippen molar-refractivity contribution in [1.29, 1.82) is 0 Å². The minimum absolute atomic E-state index is 0.143. The lowest BCUT2D eigenvalue weighted by molar-refractivity contribution is -0.144. The summed E-state index contributed by atoms with van der Waals surface area (Å²) in [5.41, 5.74) is 0. The van der Waals surface area contributed by atoms with Gasteiger partial charge in [0.15, 0.2) is 0 Å². The molecule has 1 aromatic carbocycles. The Hall–Kier alpha value is -3.14. The van der Waals surface area contributed by atoms with Gasteiger partial charge in [-0.15, -0.1) is 11.3 Å². The largest absolute Gasteiger partial charge is 0.465 e. The number of hydrogen-bond acceptors (Lipinski definition) is 5. The molecule has 3 heterocycles. The Morgan fingerprint density at radius 3 is 2.39 bits per heavy atom. The summed E-state index contributed by atoms with van der Waals surface area (Å²) < 4.78 is 1.02. The Labute approximate surface area is 215 Å². The molecular formula is C26H34N4O5S. The van der Waals surface area contributed by atoms with Gasteiger partial charge in [-0.05, 0) is 49.1 Å². The van der Waals surface area contributed by atoms with Gasteiger partial charge >= 0.3 is 6.09 Å². The van der Waals surface area contributed by atoms with Gasteiger partial charge in [0.1, 0.15) is 12.1 Å². The molecule has 0 aliphatic carbocycles. The fourth-order valence-corrected chi connectivity index (χ4v) is 5.98. The van der Waals surface area contributed by atoms with Gasteiger partial charge in [-0.1, -0.05) is 32.0 Å². The van der Waals surface area contributed by atoms with Crippen molar-refractivity contribution in [1.82, 2.24) is 20.0 Å². The zero-order valence-electron chi connectivity index (χ0n) is 20.8. The number of hydrogen-bond donors (Lipinski definition) is 2. The molecule has 2 aliphatic heterocycles. The van der Waals surface area contributed by atoms with Gasteiger partial charge in [-0.3, -0.25) is 19.3 Å². The van der Waals surface area contributed by atoms with Crippen molar-refractivity contribution in [2.24, 2.45) is 5.92 Å². The molecule has 0 unspecified atom stereocenters. The predicted molar refractivity (Wildman–Crippen MR) is 138 cm³/mol. The number of carbonyl (C=O) groups is 4. The molecule has 0 bridgehead atoms. The van der Waals surface area contributed by atoms with Crippen LogP contribution in [0, 0.1) is 5.92 Å². The molecule has 2 saturated heterocycles. The van der Waals surface area contributed by atoms with Crippen LogP contribution in [0.4, 0.5) is 4.79 Å². The molecule has 2 atom stereocenters. The second-order valence-corrected chi connectivity index (χ2v) is 11.0. The second-order valence-electron chi connectivity index (χ2n) is 9.94. The Balaban J connectivity index is 1.38. The molecule has 0 spiro atoms. The van der Waals surface area contributed by atoms with Crippen LogP contribution < -0.4 is 5.32 Å². The third kappa shape index (κ3) is 5.80. The van der Waals surface area contributed by atoms with E-state index in [1.165, 1.54) is 16.2 Å². The summed E-state index contributed by atoms with van der Waals surface area (Å²) in [6, 6.07) is 8.35. The highest BCUT2D eigenvalue weighted by molar-refractivity contribution is 7.20. The van der Waals surface area contributed by atoms with Crippen LogP contribution >= 0.6 is 11.3 Å². The number of piperidine rings is 1. The smallest absolute Gasteiger partial charge is 0.407 e. The van der Waals surface area contributed by atoms with Crippen molar-refractivity contribution in [3.8, 4) is 0 Å². The minimum atomic E-state index is -1.06. The molecule has 4 rings (SSSR count). The minimum Gasteiger partial charge on any atom is -0.465 e. The number of fused-ring (bicyclic) bond motifs is 1. The van der Waals surface area contributed by atoms with Crippen molar-refractivity contribution in [2.75, 3.05) is 32.7 Å². The fourth-order valence-electron chi connectivity index (χ4n) is 5.01. The van der Waals surface area contributed by atoms with Gasteiger partial charge < -0.3 is 20.2 Å². The number of piperazine rings is 1. The van der Waals surface area contributed by atoms with E-state index in [4.69, 9.17) is 0 Å². The van der Waals surface area contributed by atoms with Crippen LogP contribution in [0.25, 0.3) is 10.1 Å². The molecular weight excluding hydrogens is 480 g/mol. The number of nitrogens with zero attached hydrogens (tertiary/aromatic N) is 3. The van der Waals surface area contributed by atoms with Gasteiger partial charge in [0, 0.05) is 37.4 Å². The Bertz CT molecular complexity index is 1090. The summed E-state index contributed by atoms with van der Waals surface area (Å²) in [7, 11) is 0. The normalized spacial score (nSPS) is 19.4. The number of nitrogens with one attached hydrogen (secondary N) is 1. The molecule has 2 aliphatic rings. The second kappa shape index (κ2) is 11.3. The summed E-state index contributed by atoms with van der Waals surface area (Å²) in [6.07, 6.45) is 1.58. The van der Waals surface area contributed by atoms with Crippen LogP contribution in [0.15, 0.2) is 30.3 Å². The van der Waals surface area contributed by atoms with E-state index in [2.05, 4.69) is 5.32 Å². The maximum absolute atomic E-state index is 13.4. The Morgan fingerprint density at radius 1 is 1.03 bits per heavy atom. The summed E-state index contributed by atoms with van der Waals surface area (Å²) in [4.78, 5) is 56.3. The molecule has 9 nitrogen and oxygen atoms in total. The predicted octanol–water partition coefficient (Wildman–Crippen LogP) is 3.25. The number of carboxylic acid groups (broad SMARTS) is 1. The van der Waals surface area contributed by atoms with Gasteiger partial charge in [0.2, 0.25) is 11.8 Å². The van der Waals surface area contributed by atoms with E-state index in [1.54, 1.807) is 9.80 Å². The lowest BCUT2D eigenvalue weighted by Crippen LogP contribution is -2.59. The Kier molecular flexibility index (Phi) is 8.13. The highest BCUT2D eigenvalue weighted by atomic mass is 32.1. The molecule has 0 saturated carbocycles. The third-order valence-electron chi connectivity index (χ3n) is 6.90. The number of carbonyl (C=O) groups excluding carboxylic acids is 3. The van der Waals surface area contributed by atoms with Gasteiger partial charge in [-0.2, -0.15) is 0 Å². The topological polar surface area (TPSA) is 110 Å². The third-order valence-corrected chi connectivity index (χ3v) is 8.01. The zero-order valence-corrected chi connectivity index (χ0v) is 21.6. The zero-order chi connectivity index (χ0) is 25.8. The quantitative estimate of drug-likeness (QED) is 0.615. The van der Waals surface area contributed by atoms with E-state index < -0.39 is 18.2 Å². The van der Waals surface area contributed by atoms with E-state index in [-0.39, 0.29) is 23.6 Å². The fraction of sp³-hybridized carbons (Fsp3) is 0.538. The van der Waals surface area contributed by atoms with Gasteiger partial charge in [0.05, 0.1) is 4.88 Å². The highest BCUT2D eigenvalue weighted by Gasteiger charge is 2.37. The van der Waals surface area contributed by atoms with Crippen LogP contribution in [-0.2, 0) is 9.59 Å². The van der Waals surface area contributed by atoms with Crippen LogP contribution in [0.5, 0.6) is 0 Å². The summed E-state index contributed by atoms with van der Waals surface area (Å²) >= 11 is 1.41. The van der Waals surface area contributed by atoms with E-state index in [0.29, 0.717) is 50.4 Å². The van der Waals surface area contributed by atoms with Crippen molar-refractivity contribution in [3.05, 3.63) is 35.2 Å². The average Bonchev–Trinajstić information content (AvgIpc) is 3.32. The highest BCUT2D eigenvalue weighted by Crippen LogP contribution is 2.26. The first kappa shape index (κ1) is 25.9. The molecule has 0 radical (unpaired) electrons. The van der Waals surface area contributed by atoms with E-state index >= 15 is 0 Å². The molecule has 194 valence electrons. The number of likely N-dealkylation sites (tertiary alicyclic amines) is 1. The lowest BCUT2D eigenvalue weighted by Gasteiger charge is -2.40. The summed E-state index contributed by atoms with van der Waals surface area (Å²) in [5.74, 6) is -0.371. The van der Waals surface area contributed by atoms with E-state index in [1.807, 2.05) is 44.2 Å². The van der Waals surface area contributed by atoms with Crippen molar-refractivity contribution in [3.63, 3.8) is 0 Å². The maximum atomic E-state index is 13.4. The molecule has 4 amide bonds. The van der Waals surface area contributed by atoms with Crippen molar-refractivity contribution in [2.45, 2.75) is 51.6 Å². The van der Waals surface area contributed by atoms with Crippen LogP contribution in [-0.4, -0.2) is 88.4 Å². The molecule has 2 aromatic rings. The number of rotatable bonds is 6. The number of thiophene rings is 1. The van der Waals surface area contributed by atoms with Crippen molar-refractivity contribution >= 4 is 45.2 Å². The molecule has 1 aromatic heterocycles. The van der Waals surface area contributed by atoms with Gasteiger partial charge in [0.25, 0.3) is 5.91 Å². The standard InChI is InChI=1S/C26H34N4O5S/c1-17(2)15-19(27-23(31)22-16-18-7-3-4-9-21(18)36-22)24(32)28-11-13-29(14-12-28)25(33)20-8-5-6-10-30(20)26(34)35/h3-4,7,9,16-17,19-20H,5-6,8,10-15H2,1-2H3,(H,27,31)(H,34,35)/t19-,20+/m0/s1. The molecule has 2 N–H and O–H groups in total. The molecule has 2 fully saturated rings. The van der Waals surface area contributed by atoms with Crippen molar-refractivity contribution < 1.29 is 24.3 Å². The molecule has 10 heteroatoms. The maximum Gasteiger partial charge on any atom is 0.407 e. The lowest BCUT2D eigenvalue weighted by atomic mass is 10.0. The summed E-state index contributed by atoms with van der Waals surface area (Å²) in [6.45, 7) is 5.83. The number of amides is 4. The SMILES string of the molecule is CC(C)C[C@H](NC(=O)c1cc2ccccc2s1)C(=O)N1CCN(C(=O)[C@H]2CCCCN2C(=O)O)CC1. The number of benzene rings is 1. The van der Waals surface area contributed by atoms with Gasteiger partial charge in [-0.25, -0.2) is 4.79 Å². The van der Waals surface area contributed by atoms with Crippen LogP contribution in [0.2, 0.25) is 0 Å².